The van der Waals surface area contributed by atoms with E-state index in [1.165, 1.54) is 0 Å². The number of carbonyl (C=O) groups is 1. The van der Waals surface area contributed by atoms with Crippen molar-refractivity contribution in [3.63, 3.8) is 0 Å². The Morgan fingerprint density at radius 1 is 1.14 bits per heavy atom. The molecule has 3 rings (SSSR count). The van der Waals surface area contributed by atoms with Gasteiger partial charge in [-0.15, -0.1) is 0 Å². The number of carbonyl (C=O) groups excluding carboxylic acids is 1. The van der Waals surface area contributed by atoms with Crippen LogP contribution in [-0.2, 0) is 0 Å². The van der Waals surface area contributed by atoms with Gasteiger partial charge in [0, 0.05) is 22.4 Å². The minimum absolute atomic E-state index is 0.0961. The monoisotopic (exact) mass is 301 g/mol. The number of nitrogens with two attached hydrogens (primary N) is 1. The van der Waals surface area contributed by atoms with E-state index in [1.807, 2.05) is 18.2 Å². The van der Waals surface area contributed by atoms with Gasteiger partial charge in [0.25, 0.3) is 5.91 Å². The van der Waals surface area contributed by atoms with Gasteiger partial charge in [0.15, 0.2) is 0 Å². The number of benzene rings is 2. The Kier molecular flexibility index (Phi) is 3.71. The molecule has 0 aromatic heterocycles. The molecule has 1 aliphatic carbocycles. The number of hydrogen-bond acceptors (Lipinski definition) is 3. The normalized spacial score (nSPS) is 13.8. The van der Waals surface area contributed by atoms with Gasteiger partial charge in [-0.05, 0) is 55.3 Å². The molecule has 0 aliphatic heterocycles. The van der Waals surface area contributed by atoms with E-state index in [-0.39, 0.29) is 5.91 Å². The number of nitrogen functional groups attached to an aromatic ring is 1. The summed E-state index contributed by atoms with van der Waals surface area (Å²) in [6.07, 6.45) is 2.10. The van der Waals surface area contributed by atoms with Crippen LogP contribution in [0.1, 0.15) is 23.2 Å². The SMILES string of the molecule is Nc1ccc(Nc2ccc(Cl)cc2)c(C(=O)NC2CC2)c1. The minimum atomic E-state index is -0.0961. The number of anilines is 3. The molecule has 4 N–H and O–H groups in total. The maximum atomic E-state index is 12.3. The zero-order valence-electron chi connectivity index (χ0n) is 11.4. The van der Waals surface area contributed by atoms with Crippen molar-refractivity contribution in [3.8, 4) is 0 Å². The first-order chi connectivity index (χ1) is 10.1. The predicted octanol–water partition coefficient (Wildman–Crippen LogP) is 3.56. The van der Waals surface area contributed by atoms with Crippen LogP contribution in [0.4, 0.5) is 17.1 Å². The summed E-state index contributed by atoms with van der Waals surface area (Å²) in [4.78, 5) is 12.3. The third kappa shape index (κ3) is 3.47. The van der Waals surface area contributed by atoms with Crippen LogP contribution in [0.3, 0.4) is 0 Å². The van der Waals surface area contributed by atoms with Gasteiger partial charge >= 0.3 is 0 Å². The van der Waals surface area contributed by atoms with Crippen LogP contribution in [0.5, 0.6) is 0 Å². The van der Waals surface area contributed by atoms with Gasteiger partial charge in [-0.3, -0.25) is 4.79 Å². The molecule has 2 aromatic carbocycles. The van der Waals surface area contributed by atoms with Gasteiger partial charge in [-0.25, -0.2) is 0 Å². The highest BCUT2D eigenvalue weighted by Gasteiger charge is 2.25. The molecular formula is C16H16ClN3O. The second kappa shape index (κ2) is 5.66. The van der Waals surface area contributed by atoms with Gasteiger partial charge in [0.1, 0.15) is 0 Å². The molecule has 1 aliphatic rings. The zero-order valence-corrected chi connectivity index (χ0v) is 12.2. The van der Waals surface area contributed by atoms with E-state index in [4.69, 9.17) is 17.3 Å². The Labute approximate surface area is 128 Å². The molecule has 0 bridgehead atoms. The van der Waals surface area contributed by atoms with Crippen molar-refractivity contribution in [2.75, 3.05) is 11.1 Å². The first-order valence-corrected chi connectivity index (χ1v) is 7.22. The zero-order chi connectivity index (χ0) is 14.8. The minimum Gasteiger partial charge on any atom is -0.399 e. The molecule has 0 heterocycles. The van der Waals surface area contributed by atoms with Gasteiger partial charge in [0.05, 0.1) is 11.3 Å². The lowest BCUT2D eigenvalue weighted by Crippen LogP contribution is -2.26. The standard InChI is InChI=1S/C16H16ClN3O/c17-10-1-4-12(5-2-10)19-15-8-3-11(18)9-14(15)16(21)20-13-6-7-13/h1-5,8-9,13,19H,6-7,18H2,(H,20,21). The van der Waals surface area contributed by atoms with E-state index in [0.29, 0.717) is 22.3 Å². The summed E-state index contributed by atoms with van der Waals surface area (Å²) in [6.45, 7) is 0. The summed E-state index contributed by atoms with van der Waals surface area (Å²) < 4.78 is 0. The summed E-state index contributed by atoms with van der Waals surface area (Å²) in [5.41, 5.74) is 8.51. The largest absolute Gasteiger partial charge is 0.399 e. The number of nitrogens with one attached hydrogen (secondary N) is 2. The van der Waals surface area contributed by atoms with E-state index in [0.717, 1.165) is 24.2 Å². The third-order valence-corrected chi connectivity index (χ3v) is 3.58. The Bertz CT molecular complexity index is 666. The van der Waals surface area contributed by atoms with Crippen LogP contribution in [0.25, 0.3) is 0 Å². The Hall–Kier alpha value is -2.20. The molecule has 0 spiro atoms. The molecular weight excluding hydrogens is 286 g/mol. The molecule has 1 fully saturated rings. The van der Waals surface area contributed by atoms with Crippen LogP contribution < -0.4 is 16.4 Å². The maximum Gasteiger partial charge on any atom is 0.253 e. The summed E-state index contributed by atoms with van der Waals surface area (Å²) in [6, 6.07) is 12.9. The second-order valence-electron chi connectivity index (χ2n) is 5.18. The van der Waals surface area contributed by atoms with Crippen molar-refractivity contribution < 1.29 is 4.79 Å². The lowest BCUT2D eigenvalue weighted by Gasteiger charge is -2.13. The highest BCUT2D eigenvalue weighted by atomic mass is 35.5. The number of rotatable bonds is 4. The second-order valence-corrected chi connectivity index (χ2v) is 5.62. The summed E-state index contributed by atoms with van der Waals surface area (Å²) in [5.74, 6) is -0.0961. The van der Waals surface area contributed by atoms with Crippen molar-refractivity contribution >= 4 is 34.6 Å². The highest BCUT2D eigenvalue weighted by Crippen LogP contribution is 2.26. The molecule has 21 heavy (non-hydrogen) atoms. The van der Waals surface area contributed by atoms with Crippen molar-refractivity contribution in [1.82, 2.24) is 5.32 Å². The maximum absolute atomic E-state index is 12.3. The van der Waals surface area contributed by atoms with Crippen LogP contribution in [0.15, 0.2) is 42.5 Å². The summed E-state index contributed by atoms with van der Waals surface area (Å²) in [7, 11) is 0. The van der Waals surface area contributed by atoms with E-state index >= 15 is 0 Å². The van der Waals surface area contributed by atoms with E-state index in [1.54, 1.807) is 24.3 Å². The number of amides is 1. The Balaban J connectivity index is 1.86. The van der Waals surface area contributed by atoms with Crippen molar-refractivity contribution in [2.24, 2.45) is 0 Å². The smallest absolute Gasteiger partial charge is 0.253 e. The van der Waals surface area contributed by atoms with Crippen LogP contribution in [0.2, 0.25) is 5.02 Å². The average Bonchev–Trinajstić information content (AvgIpc) is 3.27. The first-order valence-electron chi connectivity index (χ1n) is 6.85. The first kappa shape index (κ1) is 13.8. The van der Waals surface area contributed by atoms with Crippen LogP contribution in [0, 0.1) is 0 Å². The molecule has 1 amide bonds. The summed E-state index contributed by atoms with van der Waals surface area (Å²) >= 11 is 5.87. The number of hydrogen-bond donors (Lipinski definition) is 3. The van der Waals surface area contributed by atoms with Crippen molar-refractivity contribution in [2.45, 2.75) is 18.9 Å². The van der Waals surface area contributed by atoms with E-state index < -0.39 is 0 Å². The highest BCUT2D eigenvalue weighted by molar-refractivity contribution is 6.30. The fourth-order valence-electron chi connectivity index (χ4n) is 2.04. The Morgan fingerprint density at radius 2 is 1.86 bits per heavy atom. The summed E-state index contributed by atoms with van der Waals surface area (Å²) in [5, 5.41) is 6.87. The quantitative estimate of drug-likeness (QED) is 0.756. The van der Waals surface area contributed by atoms with Crippen LogP contribution in [-0.4, -0.2) is 11.9 Å². The molecule has 5 heteroatoms. The molecule has 108 valence electrons. The number of halogens is 1. The van der Waals surface area contributed by atoms with Gasteiger partial charge < -0.3 is 16.4 Å². The topological polar surface area (TPSA) is 67.1 Å². The molecule has 4 nitrogen and oxygen atoms in total. The van der Waals surface area contributed by atoms with Gasteiger partial charge in [-0.2, -0.15) is 0 Å². The van der Waals surface area contributed by atoms with E-state index in [2.05, 4.69) is 10.6 Å². The van der Waals surface area contributed by atoms with E-state index in [9.17, 15) is 4.79 Å². The van der Waals surface area contributed by atoms with Crippen LogP contribution >= 0.6 is 11.6 Å². The lowest BCUT2D eigenvalue weighted by atomic mass is 10.1. The molecule has 0 saturated heterocycles. The molecule has 0 radical (unpaired) electrons. The van der Waals surface area contributed by atoms with Gasteiger partial charge in [0.2, 0.25) is 0 Å². The van der Waals surface area contributed by atoms with Gasteiger partial charge in [-0.1, -0.05) is 11.6 Å². The molecule has 2 aromatic rings. The fourth-order valence-corrected chi connectivity index (χ4v) is 2.16. The third-order valence-electron chi connectivity index (χ3n) is 3.32. The Morgan fingerprint density at radius 3 is 2.52 bits per heavy atom. The molecule has 0 atom stereocenters. The lowest BCUT2D eigenvalue weighted by molar-refractivity contribution is 0.0952. The molecule has 1 saturated carbocycles. The van der Waals surface area contributed by atoms with Crippen molar-refractivity contribution in [1.29, 1.82) is 0 Å². The molecule has 0 unspecified atom stereocenters. The predicted molar refractivity (Wildman–Crippen MR) is 86.1 cm³/mol. The fraction of sp³-hybridized carbons (Fsp3) is 0.188. The van der Waals surface area contributed by atoms with Crippen molar-refractivity contribution in [3.05, 3.63) is 53.1 Å². The average molecular weight is 302 g/mol.